The minimum Gasteiger partial charge on any atom is -0.508 e. The maximum atomic E-state index is 9.21. The molecule has 0 atom stereocenters. The summed E-state index contributed by atoms with van der Waals surface area (Å²) in [6, 6.07) is 8.13. The summed E-state index contributed by atoms with van der Waals surface area (Å²) in [6.07, 6.45) is 5.21. The Labute approximate surface area is 104 Å². The number of nitrogens with one attached hydrogen (secondary N) is 1. The first-order chi connectivity index (χ1) is 8.05. The Kier molecular flexibility index (Phi) is 3.72. The summed E-state index contributed by atoms with van der Waals surface area (Å²) in [4.78, 5) is 0. The number of hydrogen-bond acceptors (Lipinski definition) is 2. The molecule has 0 aliphatic heterocycles. The van der Waals surface area contributed by atoms with Gasteiger partial charge in [0.05, 0.1) is 0 Å². The van der Waals surface area contributed by atoms with Crippen LogP contribution in [0.2, 0.25) is 0 Å². The summed E-state index contributed by atoms with van der Waals surface area (Å²) in [5.74, 6) is 0.341. The average molecular weight is 233 g/mol. The molecule has 0 amide bonds. The Balaban J connectivity index is 1.78. The summed E-state index contributed by atoms with van der Waals surface area (Å²) in [6.45, 7) is 5.64. The minimum absolute atomic E-state index is 0.341. The molecule has 2 N–H and O–H groups in total. The van der Waals surface area contributed by atoms with Crippen LogP contribution in [0.1, 0.15) is 45.1 Å². The number of phenolic OH excluding ortho intramolecular Hbond substituents is 1. The third-order valence-corrected chi connectivity index (χ3v) is 3.87. The van der Waals surface area contributed by atoms with Gasteiger partial charge in [-0.2, -0.15) is 0 Å². The molecule has 17 heavy (non-hydrogen) atoms. The Hall–Kier alpha value is -1.02. The Bertz CT molecular complexity index is 346. The standard InChI is InChI=1S/C15H23NO/c1-15(2)9-7-13(8-10-15)16-11-12-3-5-14(17)6-4-12/h3-6,13,16-17H,7-11H2,1-2H3. The van der Waals surface area contributed by atoms with E-state index in [0.717, 1.165) is 6.54 Å². The van der Waals surface area contributed by atoms with Gasteiger partial charge in [0.15, 0.2) is 0 Å². The molecule has 0 radical (unpaired) electrons. The molecule has 1 fully saturated rings. The molecule has 94 valence electrons. The van der Waals surface area contributed by atoms with Crippen LogP contribution in [0, 0.1) is 5.41 Å². The number of rotatable bonds is 3. The van der Waals surface area contributed by atoms with Crippen molar-refractivity contribution in [2.45, 2.75) is 52.1 Å². The molecule has 2 nitrogen and oxygen atoms in total. The highest BCUT2D eigenvalue weighted by atomic mass is 16.3. The largest absolute Gasteiger partial charge is 0.508 e. The number of phenols is 1. The fraction of sp³-hybridized carbons (Fsp3) is 0.600. The van der Waals surface area contributed by atoms with Gasteiger partial charge in [-0.3, -0.25) is 0 Å². The van der Waals surface area contributed by atoms with E-state index in [4.69, 9.17) is 0 Å². The van der Waals surface area contributed by atoms with E-state index < -0.39 is 0 Å². The summed E-state index contributed by atoms with van der Waals surface area (Å²) < 4.78 is 0. The zero-order chi connectivity index (χ0) is 12.3. The van der Waals surface area contributed by atoms with Gasteiger partial charge < -0.3 is 10.4 Å². The number of aromatic hydroxyl groups is 1. The van der Waals surface area contributed by atoms with Crippen molar-refractivity contribution < 1.29 is 5.11 Å². The van der Waals surface area contributed by atoms with Crippen molar-refractivity contribution in [3.63, 3.8) is 0 Å². The third-order valence-electron chi connectivity index (χ3n) is 3.87. The molecule has 1 aliphatic carbocycles. The van der Waals surface area contributed by atoms with Crippen LogP contribution in [0.4, 0.5) is 0 Å². The Morgan fingerprint density at radius 3 is 2.35 bits per heavy atom. The normalized spacial score (nSPS) is 20.4. The van der Waals surface area contributed by atoms with E-state index in [-0.39, 0.29) is 0 Å². The van der Waals surface area contributed by atoms with Crippen molar-refractivity contribution in [1.82, 2.24) is 5.32 Å². The van der Waals surface area contributed by atoms with Crippen LogP contribution in [0.5, 0.6) is 5.75 Å². The average Bonchev–Trinajstić information content (AvgIpc) is 2.30. The van der Waals surface area contributed by atoms with E-state index in [2.05, 4.69) is 19.2 Å². The molecule has 1 saturated carbocycles. The monoisotopic (exact) mass is 233 g/mol. The van der Waals surface area contributed by atoms with E-state index in [9.17, 15) is 5.11 Å². The van der Waals surface area contributed by atoms with E-state index in [1.807, 2.05) is 12.1 Å². The topological polar surface area (TPSA) is 32.3 Å². The zero-order valence-electron chi connectivity index (χ0n) is 10.9. The molecular weight excluding hydrogens is 210 g/mol. The van der Waals surface area contributed by atoms with Crippen LogP contribution in [0.3, 0.4) is 0 Å². The van der Waals surface area contributed by atoms with Crippen molar-refractivity contribution in [2.75, 3.05) is 0 Å². The Morgan fingerprint density at radius 2 is 1.76 bits per heavy atom. The highest BCUT2D eigenvalue weighted by Crippen LogP contribution is 2.35. The number of benzene rings is 1. The molecule has 0 saturated heterocycles. The first kappa shape index (κ1) is 12.4. The van der Waals surface area contributed by atoms with Gasteiger partial charge in [0.25, 0.3) is 0 Å². The van der Waals surface area contributed by atoms with Crippen molar-refractivity contribution >= 4 is 0 Å². The molecule has 1 aliphatic rings. The van der Waals surface area contributed by atoms with Crippen LogP contribution >= 0.6 is 0 Å². The fourth-order valence-corrected chi connectivity index (χ4v) is 2.48. The van der Waals surface area contributed by atoms with Gasteiger partial charge in [-0.15, -0.1) is 0 Å². The van der Waals surface area contributed by atoms with Crippen LogP contribution < -0.4 is 5.32 Å². The van der Waals surface area contributed by atoms with Crippen molar-refractivity contribution in [3.05, 3.63) is 29.8 Å². The van der Waals surface area contributed by atoms with Gasteiger partial charge in [-0.05, 0) is 48.8 Å². The van der Waals surface area contributed by atoms with Gasteiger partial charge in [0, 0.05) is 12.6 Å². The van der Waals surface area contributed by atoms with E-state index in [1.165, 1.54) is 31.2 Å². The van der Waals surface area contributed by atoms with Gasteiger partial charge >= 0.3 is 0 Å². The minimum atomic E-state index is 0.341. The highest BCUT2D eigenvalue weighted by molar-refractivity contribution is 5.25. The first-order valence-corrected chi connectivity index (χ1v) is 6.56. The van der Waals surface area contributed by atoms with E-state index in [0.29, 0.717) is 17.2 Å². The van der Waals surface area contributed by atoms with Gasteiger partial charge in [0.1, 0.15) is 5.75 Å². The maximum Gasteiger partial charge on any atom is 0.115 e. The molecule has 0 bridgehead atoms. The molecule has 2 rings (SSSR count). The molecule has 1 aromatic rings. The second-order valence-electron chi connectivity index (χ2n) is 5.99. The van der Waals surface area contributed by atoms with E-state index in [1.54, 1.807) is 12.1 Å². The van der Waals surface area contributed by atoms with Gasteiger partial charge in [-0.1, -0.05) is 26.0 Å². The summed E-state index contributed by atoms with van der Waals surface area (Å²) in [5.41, 5.74) is 1.78. The molecule has 0 aromatic heterocycles. The second-order valence-corrected chi connectivity index (χ2v) is 5.99. The molecule has 0 spiro atoms. The predicted molar refractivity (Wildman–Crippen MR) is 71.0 cm³/mol. The van der Waals surface area contributed by atoms with Gasteiger partial charge in [0.2, 0.25) is 0 Å². The second kappa shape index (κ2) is 5.09. The number of hydrogen-bond donors (Lipinski definition) is 2. The zero-order valence-corrected chi connectivity index (χ0v) is 10.9. The Morgan fingerprint density at radius 1 is 1.18 bits per heavy atom. The molecule has 0 heterocycles. The lowest BCUT2D eigenvalue weighted by atomic mass is 9.75. The van der Waals surface area contributed by atoms with Crippen molar-refractivity contribution in [1.29, 1.82) is 0 Å². The highest BCUT2D eigenvalue weighted by Gasteiger charge is 2.26. The van der Waals surface area contributed by atoms with Crippen LogP contribution in [-0.4, -0.2) is 11.1 Å². The third kappa shape index (κ3) is 3.74. The lowest BCUT2D eigenvalue weighted by Crippen LogP contribution is -2.35. The van der Waals surface area contributed by atoms with Crippen molar-refractivity contribution in [2.24, 2.45) is 5.41 Å². The fourth-order valence-electron chi connectivity index (χ4n) is 2.48. The summed E-state index contributed by atoms with van der Waals surface area (Å²) >= 11 is 0. The smallest absolute Gasteiger partial charge is 0.115 e. The molecular formula is C15H23NO. The predicted octanol–water partition coefficient (Wildman–Crippen LogP) is 3.45. The maximum absolute atomic E-state index is 9.21. The quantitative estimate of drug-likeness (QED) is 0.838. The summed E-state index contributed by atoms with van der Waals surface area (Å²) in [5, 5.41) is 12.8. The van der Waals surface area contributed by atoms with Crippen LogP contribution in [-0.2, 0) is 6.54 Å². The molecule has 2 heteroatoms. The molecule has 1 aromatic carbocycles. The van der Waals surface area contributed by atoms with Gasteiger partial charge in [-0.25, -0.2) is 0 Å². The van der Waals surface area contributed by atoms with Crippen LogP contribution in [0.25, 0.3) is 0 Å². The lowest BCUT2D eigenvalue weighted by molar-refractivity contribution is 0.206. The first-order valence-electron chi connectivity index (χ1n) is 6.56. The molecule has 0 unspecified atom stereocenters. The van der Waals surface area contributed by atoms with E-state index >= 15 is 0 Å². The lowest BCUT2D eigenvalue weighted by Gasteiger charge is -2.34. The summed E-state index contributed by atoms with van der Waals surface area (Å²) in [7, 11) is 0. The van der Waals surface area contributed by atoms with Crippen LogP contribution in [0.15, 0.2) is 24.3 Å². The SMILES string of the molecule is CC1(C)CCC(NCc2ccc(O)cc2)CC1. The van der Waals surface area contributed by atoms with Crippen molar-refractivity contribution in [3.8, 4) is 5.75 Å².